The first kappa shape index (κ1) is 19.9. The second-order valence-corrected chi connectivity index (χ2v) is 8.52. The predicted octanol–water partition coefficient (Wildman–Crippen LogP) is 5.05. The number of nitrogens with one attached hydrogen (secondary N) is 1. The fraction of sp³-hybridized carbons (Fsp3) is 0.182. The fourth-order valence-electron chi connectivity index (χ4n) is 3.89. The van der Waals surface area contributed by atoms with Gasteiger partial charge < -0.3 is 15.2 Å². The first-order valence-electron chi connectivity index (χ1n) is 9.06. The monoisotopic (exact) mass is 517 g/mol. The molecule has 1 aliphatic heterocycles. The molecule has 0 bridgehead atoms. The molecular weight excluding hydrogens is 502 g/mol. The van der Waals surface area contributed by atoms with Crippen molar-refractivity contribution >= 4 is 49.3 Å². The minimum absolute atomic E-state index is 0.0521. The number of allylic oxidation sites excluding steroid dienone is 2. The molecule has 0 saturated heterocycles. The van der Waals surface area contributed by atoms with Crippen molar-refractivity contribution in [3.63, 3.8) is 0 Å². The average molecular weight is 519 g/mol. The van der Waals surface area contributed by atoms with Gasteiger partial charge in [0.25, 0.3) is 0 Å². The molecule has 0 amide bonds. The van der Waals surface area contributed by atoms with Gasteiger partial charge in [-0.2, -0.15) is 0 Å². The quantitative estimate of drug-likeness (QED) is 0.556. The minimum atomic E-state index is -0.626. The van der Waals surface area contributed by atoms with Crippen LogP contribution >= 0.6 is 31.9 Å². The van der Waals surface area contributed by atoms with E-state index in [1.165, 1.54) is 0 Å². The third-order valence-corrected chi connectivity index (χ3v) is 6.33. The summed E-state index contributed by atoms with van der Waals surface area (Å²) < 4.78 is 6.23. The molecule has 2 N–H and O–H groups in total. The summed E-state index contributed by atoms with van der Waals surface area (Å²) in [7, 11) is 0. The zero-order valence-corrected chi connectivity index (χ0v) is 18.8. The largest absolute Gasteiger partial charge is 0.506 e. The number of hydrogen-bond acceptors (Lipinski definition) is 5. The van der Waals surface area contributed by atoms with Gasteiger partial charge in [0, 0.05) is 28.3 Å². The summed E-state index contributed by atoms with van der Waals surface area (Å²) in [6.45, 7) is 3.78. The van der Waals surface area contributed by atoms with Crippen molar-refractivity contribution in [3.8, 4) is 5.75 Å². The van der Waals surface area contributed by atoms with Crippen molar-refractivity contribution in [2.75, 3.05) is 6.61 Å². The Morgan fingerprint density at radius 3 is 2.41 bits per heavy atom. The Bertz CT molecular complexity index is 1110. The van der Waals surface area contributed by atoms with Gasteiger partial charge in [-0.25, -0.2) is 4.79 Å². The molecule has 4 rings (SSSR count). The number of benzene rings is 2. The smallest absolute Gasteiger partial charge is 0.336 e. The number of Topliss-reactive ketones (excluding diaryl/α,β-unsaturated/α-hetero) is 1. The second kappa shape index (κ2) is 7.46. The molecule has 7 heteroatoms. The molecule has 29 heavy (non-hydrogen) atoms. The van der Waals surface area contributed by atoms with Crippen LogP contribution in [0.15, 0.2) is 62.2 Å². The highest BCUT2D eigenvalue weighted by Crippen LogP contribution is 2.48. The summed E-state index contributed by atoms with van der Waals surface area (Å²) >= 11 is 6.71. The number of phenols is 1. The number of ketones is 1. The number of carbonyl (C=O) groups is 2. The van der Waals surface area contributed by atoms with Crippen molar-refractivity contribution < 1.29 is 19.4 Å². The van der Waals surface area contributed by atoms with Gasteiger partial charge in [0.1, 0.15) is 5.75 Å². The van der Waals surface area contributed by atoms with Gasteiger partial charge in [0.15, 0.2) is 5.78 Å². The number of hydrogen-bond donors (Lipinski definition) is 2. The lowest BCUT2D eigenvalue weighted by Gasteiger charge is -2.29. The molecule has 0 spiro atoms. The molecule has 1 aliphatic carbocycles. The van der Waals surface area contributed by atoms with Gasteiger partial charge in [-0.1, -0.05) is 24.3 Å². The number of carbonyl (C=O) groups excluding carboxylic acids is 2. The van der Waals surface area contributed by atoms with Crippen LogP contribution in [0.5, 0.6) is 5.75 Å². The van der Waals surface area contributed by atoms with Crippen LogP contribution in [0.3, 0.4) is 0 Å². The highest BCUT2D eigenvalue weighted by atomic mass is 79.9. The summed E-state index contributed by atoms with van der Waals surface area (Å²) in [4.78, 5) is 26.2. The molecule has 0 saturated carbocycles. The van der Waals surface area contributed by atoms with E-state index in [2.05, 4.69) is 37.2 Å². The maximum Gasteiger partial charge on any atom is 0.336 e. The second-order valence-electron chi connectivity index (χ2n) is 6.81. The summed E-state index contributed by atoms with van der Waals surface area (Å²) in [6, 6.07) is 10.8. The van der Waals surface area contributed by atoms with Gasteiger partial charge >= 0.3 is 5.97 Å². The number of dihydropyridines is 1. The highest BCUT2D eigenvalue weighted by Gasteiger charge is 2.43. The summed E-state index contributed by atoms with van der Waals surface area (Å²) in [6.07, 6.45) is 0. The van der Waals surface area contributed by atoms with Crippen molar-refractivity contribution in [3.05, 3.63) is 78.9 Å². The van der Waals surface area contributed by atoms with Crippen molar-refractivity contribution in [2.24, 2.45) is 0 Å². The summed E-state index contributed by atoms with van der Waals surface area (Å²) in [5.74, 6) is -1.17. The van der Waals surface area contributed by atoms with Gasteiger partial charge in [0.2, 0.25) is 0 Å². The highest BCUT2D eigenvalue weighted by molar-refractivity contribution is 9.11. The topological polar surface area (TPSA) is 75.6 Å². The maximum atomic E-state index is 13.3. The van der Waals surface area contributed by atoms with Crippen molar-refractivity contribution in [2.45, 2.75) is 19.8 Å². The predicted molar refractivity (Wildman–Crippen MR) is 116 cm³/mol. The van der Waals surface area contributed by atoms with E-state index in [0.717, 1.165) is 5.56 Å². The Balaban J connectivity index is 1.97. The van der Waals surface area contributed by atoms with Crippen molar-refractivity contribution in [1.29, 1.82) is 0 Å². The molecule has 2 aromatic carbocycles. The van der Waals surface area contributed by atoms with Gasteiger partial charge in [-0.3, -0.25) is 4.79 Å². The van der Waals surface area contributed by atoms with Crippen LogP contribution in [-0.4, -0.2) is 23.5 Å². The zero-order chi connectivity index (χ0) is 20.9. The molecule has 1 atom stereocenters. The van der Waals surface area contributed by atoms with Crippen molar-refractivity contribution in [1.82, 2.24) is 5.32 Å². The van der Waals surface area contributed by atoms with Crippen LogP contribution in [0.4, 0.5) is 0 Å². The third-order valence-electron chi connectivity index (χ3n) is 5.12. The third kappa shape index (κ3) is 3.13. The molecule has 1 heterocycles. The number of phenolic OH excluding ortho intramolecular Hbond substituents is 1. The van der Waals surface area contributed by atoms with E-state index in [4.69, 9.17) is 4.74 Å². The van der Waals surface area contributed by atoms with E-state index in [0.29, 0.717) is 42.6 Å². The SMILES string of the molecule is CCOC(=O)C1=C(C)NC2=C(C(=O)c3ccccc32)[C@H]1c1cc(Br)c(O)c(Br)c1. The Hall–Kier alpha value is -2.38. The van der Waals surface area contributed by atoms with Gasteiger partial charge in [0.05, 0.1) is 26.8 Å². The first-order valence-corrected chi connectivity index (χ1v) is 10.6. The van der Waals surface area contributed by atoms with Crippen LogP contribution in [-0.2, 0) is 9.53 Å². The fourth-order valence-corrected chi connectivity index (χ4v) is 5.12. The Kier molecular flexibility index (Phi) is 5.12. The van der Waals surface area contributed by atoms with Crippen LogP contribution in [0.1, 0.15) is 41.3 Å². The van der Waals surface area contributed by atoms with Gasteiger partial charge in [-0.15, -0.1) is 0 Å². The lowest BCUT2D eigenvalue weighted by molar-refractivity contribution is -0.138. The van der Waals surface area contributed by atoms with E-state index < -0.39 is 11.9 Å². The zero-order valence-electron chi connectivity index (χ0n) is 15.7. The molecule has 0 unspecified atom stereocenters. The van der Waals surface area contributed by atoms with Crippen LogP contribution in [0, 0.1) is 0 Å². The summed E-state index contributed by atoms with van der Waals surface area (Å²) in [5, 5.41) is 13.4. The first-order chi connectivity index (χ1) is 13.8. The van der Waals surface area contributed by atoms with E-state index in [9.17, 15) is 14.7 Å². The minimum Gasteiger partial charge on any atom is -0.506 e. The maximum absolute atomic E-state index is 13.3. The Labute approximate surface area is 184 Å². The van der Waals surface area contributed by atoms with E-state index >= 15 is 0 Å². The molecule has 148 valence electrons. The molecule has 0 fully saturated rings. The standard InChI is InChI=1S/C22H17Br2NO4/c1-3-29-22(28)16-10(2)25-19-12-6-4-5-7-13(12)20(26)18(19)17(16)11-8-14(23)21(27)15(24)9-11/h4-9,17,25,27H,3H2,1-2H3/t17-/m0/s1. The van der Waals surface area contributed by atoms with E-state index in [1.807, 2.05) is 18.2 Å². The van der Waals surface area contributed by atoms with E-state index in [1.54, 1.807) is 32.0 Å². The van der Waals surface area contributed by atoms with Crippen LogP contribution < -0.4 is 5.32 Å². The number of esters is 1. The normalized spacial score (nSPS) is 17.8. The molecule has 2 aromatic rings. The molecule has 0 radical (unpaired) electrons. The lowest BCUT2D eigenvalue weighted by Crippen LogP contribution is -2.29. The number of aromatic hydroxyl groups is 1. The number of fused-ring (bicyclic) bond motifs is 2. The summed E-state index contributed by atoms with van der Waals surface area (Å²) in [5.41, 5.74) is 4.35. The van der Waals surface area contributed by atoms with Gasteiger partial charge in [-0.05, 0) is 63.4 Å². The molecule has 0 aromatic heterocycles. The molecule has 5 nitrogen and oxygen atoms in total. The Morgan fingerprint density at radius 2 is 1.79 bits per heavy atom. The van der Waals surface area contributed by atoms with E-state index in [-0.39, 0.29) is 18.1 Å². The molecular formula is C22H17Br2NO4. The number of rotatable bonds is 3. The average Bonchev–Trinajstić information content (AvgIpc) is 2.97. The number of halogens is 2. The lowest BCUT2D eigenvalue weighted by atomic mass is 9.80. The Morgan fingerprint density at radius 1 is 1.17 bits per heavy atom. The number of ether oxygens (including phenoxy) is 1. The van der Waals surface area contributed by atoms with Crippen LogP contribution in [0.25, 0.3) is 5.70 Å². The van der Waals surface area contributed by atoms with Crippen LogP contribution in [0.2, 0.25) is 0 Å². The molecule has 2 aliphatic rings.